The Hall–Kier alpha value is -3.14. The first kappa shape index (κ1) is 20.9. The first-order valence-corrected chi connectivity index (χ1v) is 6.62. The fourth-order valence-electron chi connectivity index (χ4n) is 1.42. The summed E-state index contributed by atoms with van der Waals surface area (Å²) in [7, 11) is 0. The summed E-state index contributed by atoms with van der Waals surface area (Å²) in [5, 5.41) is 33.5. The van der Waals surface area contributed by atoms with Crippen molar-refractivity contribution in [1.82, 2.24) is 0 Å². The van der Waals surface area contributed by atoms with Gasteiger partial charge in [-0.25, -0.2) is 4.79 Å². The molecular weight excluding hydrogens is 324 g/mol. The molecule has 0 unspecified atom stereocenters. The molecule has 0 spiro atoms. The van der Waals surface area contributed by atoms with Gasteiger partial charge < -0.3 is 26.2 Å². The molecule has 0 heterocycles. The Morgan fingerprint density at radius 2 is 1.50 bits per heavy atom. The SMILES string of the molecule is N[C@@H](CCC(=O)O)C(=O)O.O=C(O)CN(C(=O)O)c1ccccc1. The lowest BCUT2D eigenvalue weighted by molar-refractivity contribution is -0.140. The molecule has 1 atom stereocenters. The van der Waals surface area contributed by atoms with Crippen molar-refractivity contribution in [2.75, 3.05) is 11.4 Å². The maximum atomic E-state index is 10.7. The highest BCUT2D eigenvalue weighted by atomic mass is 16.4. The zero-order valence-electron chi connectivity index (χ0n) is 12.5. The zero-order chi connectivity index (χ0) is 18.7. The lowest BCUT2D eigenvalue weighted by atomic mass is 10.2. The molecule has 0 bridgehead atoms. The van der Waals surface area contributed by atoms with Crippen molar-refractivity contribution in [2.45, 2.75) is 18.9 Å². The van der Waals surface area contributed by atoms with E-state index < -0.39 is 36.6 Å². The molecule has 0 radical (unpaired) electrons. The number of carboxylic acids is 3. The van der Waals surface area contributed by atoms with E-state index in [1.807, 2.05) is 0 Å². The molecule has 0 aromatic heterocycles. The van der Waals surface area contributed by atoms with E-state index in [9.17, 15) is 19.2 Å². The first-order valence-electron chi connectivity index (χ1n) is 6.62. The molecular formula is C14H18N2O8. The molecule has 1 aromatic carbocycles. The summed E-state index contributed by atoms with van der Waals surface area (Å²) in [5.74, 6) is -3.38. The van der Waals surface area contributed by atoms with Gasteiger partial charge in [0.1, 0.15) is 12.6 Å². The molecule has 0 saturated carbocycles. The van der Waals surface area contributed by atoms with Crippen molar-refractivity contribution in [3.8, 4) is 0 Å². The highest BCUT2D eigenvalue weighted by Crippen LogP contribution is 2.12. The van der Waals surface area contributed by atoms with Crippen molar-refractivity contribution in [3.05, 3.63) is 30.3 Å². The van der Waals surface area contributed by atoms with Gasteiger partial charge in [0.15, 0.2) is 0 Å². The van der Waals surface area contributed by atoms with Gasteiger partial charge in [-0.05, 0) is 18.6 Å². The summed E-state index contributed by atoms with van der Waals surface area (Å²) in [6.45, 7) is -0.556. The fourth-order valence-corrected chi connectivity index (χ4v) is 1.42. The second-order valence-electron chi connectivity index (χ2n) is 4.48. The third-order valence-electron chi connectivity index (χ3n) is 2.58. The van der Waals surface area contributed by atoms with Gasteiger partial charge in [-0.3, -0.25) is 19.3 Å². The number of carbonyl (C=O) groups is 4. The molecule has 1 amide bonds. The van der Waals surface area contributed by atoms with Crippen molar-refractivity contribution >= 4 is 29.7 Å². The monoisotopic (exact) mass is 342 g/mol. The van der Waals surface area contributed by atoms with Crippen LogP contribution in [-0.2, 0) is 14.4 Å². The largest absolute Gasteiger partial charge is 0.481 e. The number of anilines is 1. The zero-order valence-corrected chi connectivity index (χ0v) is 12.5. The number of hydrogen-bond acceptors (Lipinski definition) is 5. The van der Waals surface area contributed by atoms with Crippen LogP contribution in [0, 0.1) is 0 Å². The number of hydrogen-bond donors (Lipinski definition) is 5. The van der Waals surface area contributed by atoms with Crippen LogP contribution in [0.15, 0.2) is 30.3 Å². The van der Waals surface area contributed by atoms with E-state index in [2.05, 4.69) is 0 Å². The van der Waals surface area contributed by atoms with Crippen molar-refractivity contribution in [2.24, 2.45) is 5.73 Å². The van der Waals surface area contributed by atoms with Crippen LogP contribution in [-0.4, -0.2) is 57.0 Å². The van der Waals surface area contributed by atoms with Crippen LogP contribution in [0.25, 0.3) is 0 Å². The van der Waals surface area contributed by atoms with Gasteiger partial charge in [0, 0.05) is 12.1 Å². The Labute approximate surface area is 136 Å². The molecule has 0 aliphatic heterocycles. The molecule has 6 N–H and O–H groups in total. The van der Waals surface area contributed by atoms with Crippen LogP contribution in [0.2, 0.25) is 0 Å². The molecule has 10 heteroatoms. The summed E-state index contributed by atoms with van der Waals surface area (Å²) in [6, 6.07) is 7.04. The molecule has 1 rings (SSSR count). The second-order valence-corrected chi connectivity index (χ2v) is 4.48. The number of para-hydroxylation sites is 1. The van der Waals surface area contributed by atoms with Gasteiger partial charge in [0.2, 0.25) is 0 Å². The van der Waals surface area contributed by atoms with Gasteiger partial charge in [0.25, 0.3) is 0 Å². The topological polar surface area (TPSA) is 178 Å². The predicted molar refractivity (Wildman–Crippen MR) is 81.9 cm³/mol. The maximum Gasteiger partial charge on any atom is 0.412 e. The Bertz CT molecular complexity index is 575. The first-order chi connectivity index (χ1) is 11.1. The normalized spacial score (nSPS) is 10.7. The van der Waals surface area contributed by atoms with Crippen LogP contribution in [0.5, 0.6) is 0 Å². The van der Waals surface area contributed by atoms with E-state index in [-0.39, 0.29) is 12.8 Å². The Balaban J connectivity index is 0.000000470. The van der Waals surface area contributed by atoms with Gasteiger partial charge in [-0.1, -0.05) is 18.2 Å². The Kier molecular flexibility index (Phi) is 9.18. The van der Waals surface area contributed by atoms with Gasteiger partial charge in [-0.2, -0.15) is 0 Å². The molecule has 0 saturated heterocycles. The summed E-state index contributed by atoms with van der Waals surface area (Å²) >= 11 is 0. The highest BCUT2D eigenvalue weighted by molar-refractivity contribution is 5.91. The van der Waals surface area contributed by atoms with E-state index in [1.54, 1.807) is 18.2 Å². The molecule has 0 aliphatic rings. The number of benzene rings is 1. The average molecular weight is 342 g/mol. The van der Waals surface area contributed by atoms with Crippen LogP contribution < -0.4 is 10.6 Å². The molecule has 0 aliphatic carbocycles. The Morgan fingerprint density at radius 1 is 0.958 bits per heavy atom. The third-order valence-corrected chi connectivity index (χ3v) is 2.58. The van der Waals surface area contributed by atoms with E-state index in [0.29, 0.717) is 5.69 Å². The summed E-state index contributed by atoms with van der Waals surface area (Å²) in [5.41, 5.74) is 5.35. The predicted octanol–water partition coefficient (Wildman–Crippen LogP) is 0.519. The number of amides is 1. The van der Waals surface area contributed by atoms with Crippen LogP contribution in [0.1, 0.15) is 12.8 Å². The van der Waals surface area contributed by atoms with Crippen molar-refractivity contribution < 1.29 is 39.6 Å². The number of nitrogens with zero attached hydrogens (tertiary/aromatic N) is 1. The van der Waals surface area contributed by atoms with Gasteiger partial charge >= 0.3 is 24.0 Å². The molecule has 132 valence electrons. The number of nitrogens with two attached hydrogens (primary N) is 1. The highest BCUT2D eigenvalue weighted by Gasteiger charge is 2.16. The average Bonchev–Trinajstić information content (AvgIpc) is 2.51. The van der Waals surface area contributed by atoms with Gasteiger partial charge in [-0.15, -0.1) is 0 Å². The minimum atomic E-state index is -1.28. The smallest absolute Gasteiger partial charge is 0.412 e. The van der Waals surface area contributed by atoms with E-state index in [4.69, 9.17) is 26.2 Å². The van der Waals surface area contributed by atoms with E-state index in [0.717, 1.165) is 4.90 Å². The van der Waals surface area contributed by atoms with Crippen LogP contribution in [0.3, 0.4) is 0 Å². The van der Waals surface area contributed by atoms with E-state index in [1.165, 1.54) is 12.1 Å². The van der Waals surface area contributed by atoms with Crippen molar-refractivity contribution in [3.63, 3.8) is 0 Å². The second kappa shape index (κ2) is 10.6. The third kappa shape index (κ3) is 9.00. The molecule has 24 heavy (non-hydrogen) atoms. The summed E-state index contributed by atoms with van der Waals surface area (Å²) in [6.07, 6.45) is -1.50. The van der Waals surface area contributed by atoms with Crippen LogP contribution >= 0.6 is 0 Å². The minimum Gasteiger partial charge on any atom is -0.481 e. The summed E-state index contributed by atoms with van der Waals surface area (Å²) < 4.78 is 0. The summed E-state index contributed by atoms with van der Waals surface area (Å²) in [4.78, 5) is 41.7. The molecule has 10 nitrogen and oxygen atoms in total. The molecule has 0 fully saturated rings. The Morgan fingerprint density at radius 3 is 1.88 bits per heavy atom. The fraction of sp³-hybridized carbons (Fsp3) is 0.286. The van der Waals surface area contributed by atoms with Crippen LogP contribution in [0.4, 0.5) is 10.5 Å². The quantitative estimate of drug-likeness (QED) is 0.472. The van der Waals surface area contributed by atoms with Gasteiger partial charge in [0.05, 0.1) is 0 Å². The lowest BCUT2D eigenvalue weighted by Crippen LogP contribution is -2.34. The minimum absolute atomic E-state index is 0.0231. The number of rotatable bonds is 7. The van der Waals surface area contributed by atoms with Crippen molar-refractivity contribution in [1.29, 1.82) is 0 Å². The standard InChI is InChI=1S/C9H9NO4.C5H9NO4/c11-8(12)6-10(9(13)14)7-4-2-1-3-5-7;6-3(5(9)10)1-2-4(7)8/h1-5H,6H2,(H,11,12)(H,13,14);3H,1-2,6H2,(H,7,8)(H,9,10)/t;3-/m.0/s1. The number of aliphatic carboxylic acids is 3. The molecule has 1 aromatic rings. The number of carboxylic acid groups (broad SMARTS) is 4. The maximum absolute atomic E-state index is 10.7. The lowest BCUT2D eigenvalue weighted by Gasteiger charge is -2.16. The van der Waals surface area contributed by atoms with E-state index >= 15 is 0 Å².